The number of azide groups is 1. The minimum atomic E-state index is -1.74. The van der Waals surface area contributed by atoms with E-state index in [-0.39, 0.29) is 48.3 Å². The minimum absolute atomic E-state index is 0.00253. The molecule has 1 aliphatic heterocycles. The van der Waals surface area contributed by atoms with Gasteiger partial charge in [0.05, 0.1) is 11.9 Å². The molecule has 4 rings (SSSR count). The number of benzene rings is 1. The van der Waals surface area contributed by atoms with Crippen molar-refractivity contribution in [3.05, 3.63) is 63.0 Å². The number of carbonyl (C=O) groups excluding carboxylic acids is 3. The summed E-state index contributed by atoms with van der Waals surface area (Å²) in [6.07, 6.45) is 0.895. The molecular formula is C25H28N8O7. The maximum Gasteiger partial charge on any atom is 0.338 e. The van der Waals surface area contributed by atoms with Gasteiger partial charge in [0, 0.05) is 36.6 Å². The highest BCUT2D eigenvalue weighted by molar-refractivity contribution is 5.91. The van der Waals surface area contributed by atoms with Crippen LogP contribution in [-0.2, 0) is 23.8 Å². The van der Waals surface area contributed by atoms with Crippen molar-refractivity contribution >= 4 is 35.0 Å². The predicted octanol–water partition coefficient (Wildman–Crippen LogP) is 3.07. The first-order chi connectivity index (χ1) is 19.1. The summed E-state index contributed by atoms with van der Waals surface area (Å²) in [6, 6.07) is 8.27. The summed E-state index contributed by atoms with van der Waals surface area (Å²) < 4.78 is 18.9. The number of carbonyl (C=O) groups is 3. The first kappa shape index (κ1) is 28.3. The van der Waals surface area contributed by atoms with Crippen LogP contribution in [0.3, 0.4) is 0 Å². The van der Waals surface area contributed by atoms with Gasteiger partial charge in [-0.15, -0.1) is 0 Å². The first-order valence-corrected chi connectivity index (χ1v) is 12.5. The van der Waals surface area contributed by atoms with Crippen molar-refractivity contribution in [1.82, 2.24) is 19.5 Å². The molecule has 2 N–H and O–H groups in total. The van der Waals surface area contributed by atoms with Crippen LogP contribution in [0.15, 0.2) is 46.6 Å². The van der Waals surface area contributed by atoms with E-state index >= 15 is 0 Å². The van der Waals surface area contributed by atoms with E-state index in [9.17, 15) is 19.2 Å². The number of H-pyrrole nitrogens is 1. The van der Waals surface area contributed by atoms with Gasteiger partial charge in [0.15, 0.2) is 17.8 Å². The Hall–Kier alpha value is -4.75. The number of aromatic nitrogens is 4. The third kappa shape index (κ3) is 6.11. The van der Waals surface area contributed by atoms with Crippen molar-refractivity contribution in [2.75, 3.05) is 18.5 Å². The van der Waals surface area contributed by atoms with Crippen LogP contribution in [0.25, 0.3) is 21.6 Å². The topological polar surface area (TPSA) is 203 Å². The van der Waals surface area contributed by atoms with Crippen LogP contribution in [0.2, 0.25) is 0 Å². The molecule has 1 saturated heterocycles. The summed E-state index contributed by atoms with van der Waals surface area (Å²) in [5.41, 5.74) is 8.60. The Morgan fingerprint density at radius 1 is 1.32 bits per heavy atom. The predicted molar refractivity (Wildman–Crippen MR) is 140 cm³/mol. The molecule has 3 aromatic rings. The Balaban J connectivity index is 1.69. The molecule has 0 bridgehead atoms. The molecule has 15 heteroatoms. The van der Waals surface area contributed by atoms with Crippen molar-refractivity contribution in [2.45, 2.75) is 45.6 Å². The number of hydrogen-bond donors (Lipinski definition) is 2. The normalized spacial score (nSPS) is 20.2. The third-order valence-electron chi connectivity index (χ3n) is 6.32. The summed E-state index contributed by atoms with van der Waals surface area (Å²) in [7, 11) is 0. The highest BCUT2D eigenvalue weighted by Crippen LogP contribution is 2.45. The monoisotopic (exact) mass is 552 g/mol. The Labute approximate surface area is 227 Å². The molecule has 15 nitrogen and oxygen atoms in total. The van der Waals surface area contributed by atoms with Gasteiger partial charge in [-0.25, -0.2) is 9.78 Å². The van der Waals surface area contributed by atoms with Crippen LogP contribution in [0, 0.1) is 11.8 Å². The van der Waals surface area contributed by atoms with Crippen molar-refractivity contribution in [1.29, 1.82) is 0 Å². The number of imidazole rings is 1. The molecule has 40 heavy (non-hydrogen) atoms. The summed E-state index contributed by atoms with van der Waals surface area (Å²) in [4.78, 5) is 63.5. The van der Waals surface area contributed by atoms with E-state index < -0.39 is 42.0 Å². The second kappa shape index (κ2) is 12.0. The van der Waals surface area contributed by atoms with E-state index in [1.165, 1.54) is 17.8 Å². The van der Waals surface area contributed by atoms with Crippen molar-refractivity contribution < 1.29 is 28.6 Å². The van der Waals surface area contributed by atoms with E-state index in [4.69, 9.17) is 19.7 Å². The highest BCUT2D eigenvalue weighted by atomic mass is 16.7. The second-order valence-corrected chi connectivity index (χ2v) is 9.48. The minimum Gasteiger partial charge on any atom is -0.455 e. The van der Waals surface area contributed by atoms with Gasteiger partial charge < -0.3 is 14.2 Å². The van der Waals surface area contributed by atoms with Gasteiger partial charge in [0.25, 0.3) is 11.3 Å². The number of hydrogen-bond acceptors (Lipinski definition) is 10. The maximum atomic E-state index is 12.7. The number of anilines is 1. The lowest BCUT2D eigenvalue weighted by Crippen LogP contribution is -2.45. The van der Waals surface area contributed by atoms with Crippen LogP contribution in [0.1, 0.15) is 50.2 Å². The standard InChI is InChI=1S/C25H28N8O7/c1-14(2)21(35)30-24-29-20-19(22(36)31-24)27-13-33(20)18-11-17(9-10-28-32-26)25(40-18,39-15(3)34)12-38-23(37)16-7-5-4-6-8-16/h4-8,13-14,17-18H,9-12H2,1-3H3,(H2,29,30,31,35,36). The van der Waals surface area contributed by atoms with Gasteiger partial charge in [0.2, 0.25) is 11.9 Å². The fraction of sp³-hybridized carbons (Fsp3) is 0.440. The molecule has 0 radical (unpaired) electrons. The van der Waals surface area contributed by atoms with Crippen LogP contribution in [0.4, 0.5) is 5.95 Å². The zero-order valence-corrected chi connectivity index (χ0v) is 22.1. The van der Waals surface area contributed by atoms with Crippen LogP contribution >= 0.6 is 0 Å². The largest absolute Gasteiger partial charge is 0.455 e. The van der Waals surface area contributed by atoms with E-state index in [1.807, 2.05) is 0 Å². The summed E-state index contributed by atoms with van der Waals surface area (Å²) in [5.74, 6) is -4.44. The molecule has 1 fully saturated rings. The lowest BCUT2D eigenvalue weighted by molar-refractivity contribution is -0.259. The molecule has 1 aliphatic rings. The van der Waals surface area contributed by atoms with Crippen LogP contribution in [0.5, 0.6) is 0 Å². The quantitative estimate of drug-likeness (QED) is 0.164. The number of nitrogens with one attached hydrogen (secondary N) is 2. The van der Waals surface area contributed by atoms with Gasteiger partial charge in [-0.3, -0.25) is 29.3 Å². The van der Waals surface area contributed by atoms with E-state index in [0.717, 1.165) is 0 Å². The number of fused-ring (bicyclic) bond motifs is 1. The molecule has 2 aromatic heterocycles. The number of esters is 2. The summed E-state index contributed by atoms with van der Waals surface area (Å²) >= 11 is 0. The van der Waals surface area contributed by atoms with E-state index in [2.05, 4.69) is 30.3 Å². The number of amides is 1. The lowest BCUT2D eigenvalue weighted by atomic mass is 9.93. The van der Waals surface area contributed by atoms with Gasteiger partial charge in [-0.05, 0) is 24.1 Å². The maximum absolute atomic E-state index is 12.7. The van der Waals surface area contributed by atoms with Crippen molar-refractivity contribution in [3.8, 4) is 0 Å². The average Bonchev–Trinajstić information content (AvgIpc) is 3.49. The number of nitrogens with zero attached hydrogens (tertiary/aromatic N) is 6. The zero-order valence-electron chi connectivity index (χ0n) is 22.1. The zero-order chi connectivity index (χ0) is 28.9. The molecule has 1 aromatic carbocycles. The van der Waals surface area contributed by atoms with Crippen molar-refractivity contribution in [2.24, 2.45) is 17.0 Å². The molecule has 3 unspecified atom stereocenters. The van der Waals surface area contributed by atoms with Crippen LogP contribution < -0.4 is 10.9 Å². The smallest absolute Gasteiger partial charge is 0.338 e. The lowest BCUT2D eigenvalue weighted by Gasteiger charge is -2.33. The van der Waals surface area contributed by atoms with Crippen LogP contribution in [-0.4, -0.2) is 56.3 Å². The number of rotatable bonds is 10. The Morgan fingerprint density at radius 3 is 2.75 bits per heavy atom. The highest BCUT2D eigenvalue weighted by Gasteiger charge is 2.53. The Bertz CT molecular complexity index is 1510. The Morgan fingerprint density at radius 2 is 2.08 bits per heavy atom. The molecule has 0 saturated carbocycles. The molecule has 0 aliphatic carbocycles. The summed E-state index contributed by atoms with van der Waals surface area (Å²) in [5, 5.41) is 6.14. The van der Waals surface area contributed by atoms with Gasteiger partial charge >= 0.3 is 11.9 Å². The second-order valence-electron chi connectivity index (χ2n) is 9.48. The number of ether oxygens (including phenoxy) is 3. The molecule has 3 atom stereocenters. The van der Waals surface area contributed by atoms with Crippen molar-refractivity contribution in [3.63, 3.8) is 0 Å². The van der Waals surface area contributed by atoms with Gasteiger partial charge in [-0.2, -0.15) is 4.98 Å². The first-order valence-electron chi connectivity index (χ1n) is 12.5. The molecule has 3 heterocycles. The van der Waals surface area contributed by atoms with E-state index in [1.54, 1.807) is 44.2 Å². The fourth-order valence-electron chi connectivity index (χ4n) is 4.38. The Kier molecular flexibility index (Phi) is 8.46. The SMILES string of the molecule is CC(=O)OC1(COC(=O)c2ccccc2)OC(n2cnc3c(=O)[nH]c(NC(=O)C(C)C)nc32)CC1CCN=[N+]=[N-]. The number of aromatic amines is 1. The summed E-state index contributed by atoms with van der Waals surface area (Å²) in [6.45, 7) is 4.19. The van der Waals surface area contributed by atoms with Gasteiger partial charge in [-0.1, -0.05) is 37.2 Å². The third-order valence-corrected chi connectivity index (χ3v) is 6.32. The average molecular weight is 553 g/mol. The van der Waals surface area contributed by atoms with Gasteiger partial charge in [0.1, 0.15) is 6.23 Å². The molecular weight excluding hydrogens is 524 g/mol. The molecule has 210 valence electrons. The van der Waals surface area contributed by atoms with E-state index in [0.29, 0.717) is 5.56 Å². The molecule has 0 spiro atoms. The molecule has 1 amide bonds. The fourth-order valence-corrected chi connectivity index (χ4v) is 4.38.